The van der Waals surface area contributed by atoms with Gasteiger partial charge in [-0.25, -0.2) is 4.98 Å². The Hall–Kier alpha value is -4.90. The van der Waals surface area contributed by atoms with Gasteiger partial charge in [0, 0.05) is 55.6 Å². The molecule has 0 spiro atoms. The summed E-state index contributed by atoms with van der Waals surface area (Å²) < 4.78 is 7.86. The number of hydrogen-bond acceptors (Lipinski definition) is 8. The summed E-state index contributed by atoms with van der Waals surface area (Å²) in [6, 6.07) is 15.3. The van der Waals surface area contributed by atoms with Crippen molar-refractivity contribution >= 4 is 51.5 Å². The quantitative estimate of drug-likeness (QED) is 0.220. The van der Waals surface area contributed by atoms with Crippen molar-refractivity contribution < 1.29 is 14.3 Å². The predicted octanol–water partition coefficient (Wildman–Crippen LogP) is 5.43. The van der Waals surface area contributed by atoms with Gasteiger partial charge in [0.05, 0.1) is 24.2 Å². The van der Waals surface area contributed by atoms with E-state index in [-0.39, 0.29) is 17.9 Å². The van der Waals surface area contributed by atoms with Gasteiger partial charge in [0.25, 0.3) is 5.91 Å². The molecule has 11 heteroatoms. The Kier molecular flexibility index (Phi) is 8.47. The number of fused-ring (bicyclic) bond motifs is 1. The maximum Gasteiger partial charge on any atom is 0.272 e. The molecule has 2 amide bonds. The van der Waals surface area contributed by atoms with Gasteiger partial charge in [0.1, 0.15) is 17.1 Å². The summed E-state index contributed by atoms with van der Waals surface area (Å²) in [5.74, 6) is 0.467. The smallest absolute Gasteiger partial charge is 0.272 e. The van der Waals surface area contributed by atoms with E-state index >= 15 is 0 Å². The van der Waals surface area contributed by atoms with Gasteiger partial charge < -0.3 is 35.1 Å². The van der Waals surface area contributed by atoms with Crippen molar-refractivity contribution in [3.63, 3.8) is 0 Å². The first kappa shape index (κ1) is 29.2. The van der Waals surface area contributed by atoms with E-state index in [0.717, 1.165) is 68.6 Å². The van der Waals surface area contributed by atoms with Gasteiger partial charge in [-0.3, -0.25) is 9.59 Å². The number of methoxy groups -OCH3 is 1. The number of carbonyl (C=O) groups is 2. The zero-order valence-corrected chi connectivity index (χ0v) is 25.2. The number of carbonyl (C=O) groups excluding carboxylic acids is 2. The normalized spacial score (nSPS) is 15.7. The molecule has 1 aliphatic carbocycles. The van der Waals surface area contributed by atoms with Crippen LogP contribution in [0, 0.1) is 0 Å². The average Bonchev–Trinajstić information content (AvgIpc) is 3.70. The fraction of sp³-hybridized carbons (Fsp3) is 0.333. The molecule has 2 fully saturated rings. The molecule has 6 rings (SSSR count). The largest absolute Gasteiger partial charge is 0.494 e. The lowest BCUT2D eigenvalue weighted by molar-refractivity contribution is -0.111. The molecule has 1 aliphatic heterocycles. The minimum absolute atomic E-state index is 0.171. The molecule has 44 heavy (non-hydrogen) atoms. The Labute approximate surface area is 256 Å². The molecule has 0 unspecified atom stereocenters. The molecular formula is C33H38N8O3. The summed E-state index contributed by atoms with van der Waals surface area (Å²) >= 11 is 0. The summed E-state index contributed by atoms with van der Waals surface area (Å²) in [5.41, 5.74) is 4.10. The highest BCUT2D eigenvalue weighted by Gasteiger charge is 2.26. The molecular weight excluding hydrogens is 556 g/mol. The first-order chi connectivity index (χ1) is 21.4. The molecule has 3 N–H and O–H groups in total. The number of nitrogens with one attached hydrogen (secondary N) is 3. The number of amides is 2. The minimum atomic E-state index is -0.301. The van der Waals surface area contributed by atoms with Crippen LogP contribution in [0.1, 0.15) is 42.2 Å². The number of para-hydroxylation sites is 1. The third-order valence-corrected chi connectivity index (χ3v) is 8.38. The van der Waals surface area contributed by atoms with Crippen molar-refractivity contribution in [3.05, 3.63) is 73.1 Å². The molecule has 11 nitrogen and oxygen atoms in total. The molecule has 2 aromatic heterocycles. The second-order valence-electron chi connectivity index (χ2n) is 11.3. The van der Waals surface area contributed by atoms with Crippen molar-refractivity contribution in [1.82, 2.24) is 19.4 Å². The number of hydrogen-bond donors (Lipinski definition) is 3. The van der Waals surface area contributed by atoms with Crippen LogP contribution in [0.5, 0.6) is 5.75 Å². The second-order valence-corrected chi connectivity index (χ2v) is 11.3. The first-order valence-electron chi connectivity index (χ1n) is 15.0. The molecule has 2 aromatic carbocycles. The Morgan fingerprint density at radius 1 is 1.00 bits per heavy atom. The number of anilines is 5. The SMILES string of the molecule is C=CC(=O)Nc1cc(Nc2ncc3cc(C(=O)Nc4ccccc4)n(C4CCCC4)c3n2)c(OC)cc1N1CCN(C)CC1. The fourth-order valence-electron chi connectivity index (χ4n) is 6.04. The van der Waals surface area contributed by atoms with E-state index in [1.165, 1.54) is 6.08 Å². The van der Waals surface area contributed by atoms with Crippen molar-refractivity contribution in [2.24, 2.45) is 0 Å². The number of piperazine rings is 1. The topological polar surface area (TPSA) is 117 Å². The van der Waals surface area contributed by atoms with Crippen LogP contribution in [-0.4, -0.2) is 71.6 Å². The second kappa shape index (κ2) is 12.8. The number of rotatable bonds is 9. The molecule has 3 heterocycles. The molecule has 4 aromatic rings. The van der Waals surface area contributed by atoms with Crippen LogP contribution in [-0.2, 0) is 4.79 Å². The highest BCUT2D eigenvalue weighted by atomic mass is 16.5. The monoisotopic (exact) mass is 594 g/mol. The van der Waals surface area contributed by atoms with Gasteiger partial charge in [-0.15, -0.1) is 0 Å². The van der Waals surface area contributed by atoms with Gasteiger partial charge >= 0.3 is 0 Å². The summed E-state index contributed by atoms with van der Waals surface area (Å²) in [6.45, 7) is 7.09. The third kappa shape index (κ3) is 6.09. The maximum absolute atomic E-state index is 13.5. The lowest BCUT2D eigenvalue weighted by Gasteiger charge is -2.35. The Balaban J connectivity index is 1.36. The van der Waals surface area contributed by atoms with Crippen LogP contribution in [0.4, 0.5) is 28.7 Å². The van der Waals surface area contributed by atoms with E-state index < -0.39 is 0 Å². The van der Waals surface area contributed by atoms with E-state index in [1.807, 2.05) is 48.5 Å². The molecule has 2 aliphatic rings. The van der Waals surface area contributed by atoms with E-state index in [1.54, 1.807) is 13.3 Å². The fourth-order valence-corrected chi connectivity index (χ4v) is 6.04. The first-order valence-corrected chi connectivity index (χ1v) is 15.0. The third-order valence-electron chi connectivity index (χ3n) is 8.38. The Bertz CT molecular complexity index is 1670. The van der Waals surface area contributed by atoms with Crippen LogP contribution < -0.4 is 25.6 Å². The van der Waals surface area contributed by atoms with Crippen molar-refractivity contribution in [3.8, 4) is 5.75 Å². The highest BCUT2D eigenvalue weighted by Crippen LogP contribution is 2.39. The molecule has 0 bridgehead atoms. The van der Waals surface area contributed by atoms with Gasteiger partial charge in [0.15, 0.2) is 0 Å². The van der Waals surface area contributed by atoms with Crippen LogP contribution in [0.2, 0.25) is 0 Å². The lowest BCUT2D eigenvalue weighted by atomic mass is 10.1. The van der Waals surface area contributed by atoms with Gasteiger partial charge in [-0.1, -0.05) is 37.6 Å². The molecule has 0 radical (unpaired) electrons. The van der Waals surface area contributed by atoms with E-state index in [4.69, 9.17) is 9.72 Å². The van der Waals surface area contributed by atoms with Crippen LogP contribution in [0.3, 0.4) is 0 Å². The zero-order valence-electron chi connectivity index (χ0n) is 25.2. The number of aromatic nitrogens is 3. The predicted molar refractivity (Wildman–Crippen MR) is 174 cm³/mol. The summed E-state index contributed by atoms with van der Waals surface area (Å²) in [5, 5.41) is 10.1. The van der Waals surface area contributed by atoms with E-state index in [9.17, 15) is 9.59 Å². The molecule has 0 atom stereocenters. The lowest BCUT2D eigenvalue weighted by Crippen LogP contribution is -2.44. The van der Waals surface area contributed by atoms with Crippen LogP contribution in [0.25, 0.3) is 11.0 Å². The standard InChI is InChI=1S/C33H38N8O3/c1-4-30(42)36-25-19-26(29(44-3)20-27(25)40-16-14-39(2)15-17-40)37-33-34-21-22-18-28(32(43)35-23-10-6-5-7-11-23)41(31(22)38-33)24-12-8-9-13-24/h4-7,10-11,18-21,24H,1,8-9,12-17H2,2-3H3,(H,35,43)(H,36,42)(H,34,37,38). The summed E-state index contributed by atoms with van der Waals surface area (Å²) in [6.07, 6.45) is 7.17. The van der Waals surface area contributed by atoms with Crippen molar-refractivity contribution in [2.75, 3.05) is 61.2 Å². The Morgan fingerprint density at radius 3 is 2.45 bits per heavy atom. The van der Waals surface area contributed by atoms with Crippen LogP contribution in [0.15, 0.2) is 67.4 Å². The average molecular weight is 595 g/mol. The van der Waals surface area contributed by atoms with Gasteiger partial charge in [-0.05, 0) is 50.2 Å². The van der Waals surface area contributed by atoms with Crippen molar-refractivity contribution in [2.45, 2.75) is 31.7 Å². The molecule has 1 saturated heterocycles. The zero-order chi connectivity index (χ0) is 30.6. The number of ether oxygens (including phenoxy) is 1. The number of benzene rings is 2. The summed E-state index contributed by atoms with van der Waals surface area (Å²) in [4.78, 5) is 39.9. The van der Waals surface area contributed by atoms with Crippen LogP contribution >= 0.6 is 0 Å². The summed E-state index contributed by atoms with van der Waals surface area (Å²) in [7, 11) is 3.72. The molecule has 1 saturated carbocycles. The highest BCUT2D eigenvalue weighted by molar-refractivity contribution is 6.06. The van der Waals surface area contributed by atoms with Gasteiger partial charge in [0.2, 0.25) is 11.9 Å². The molecule has 228 valence electrons. The van der Waals surface area contributed by atoms with Crippen molar-refractivity contribution in [1.29, 1.82) is 0 Å². The Morgan fingerprint density at radius 2 is 1.75 bits per heavy atom. The maximum atomic E-state index is 13.5. The van der Waals surface area contributed by atoms with E-state index in [0.29, 0.717) is 34.4 Å². The number of likely N-dealkylation sites (N-methyl/N-ethyl adjacent to an activating group) is 1. The number of nitrogens with zero attached hydrogens (tertiary/aromatic N) is 5. The van der Waals surface area contributed by atoms with Gasteiger partial charge in [-0.2, -0.15) is 4.98 Å². The van der Waals surface area contributed by atoms with E-state index in [2.05, 4.69) is 48.9 Å². The minimum Gasteiger partial charge on any atom is -0.494 e.